The number of likely N-dealkylation sites (tertiary alicyclic amines) is 1. The van der Waals surface area contributed by atoms with Gasteiger partial charge in [0, 0.05) is 31.6 Å². The summed E-state index contributed by atoms with van der Waals surface area (Å²) in [6, 6.07) is 5.31. The van der Waals surface area contributed by atoms with Gasteiger partial charge in [0.15, 0.2) is 0 Å². The highest BCUT2D eigenvalue weighted by atomic mass is 32.2. The molecule has 7 heteroatoms. The number of hydrogen-bond acceptors (Lipinski definition) is 4. The van der Waals surface area contributed by atoms with E-state index in [4.69, 9.17) is 5.73 Å². The number of nitrogens with one attached hydrogen (secondary N) is 1. The molecule has 2 rings (SSSR count). The van der Waals surface area contributed by atoms with Crippen molar-refractivity contribution in [2.45, 2.75) is 17.9 Å². The van der Waals surface area contributed by atoms with E-state index in [0.29, 0.717) is 19.6 Å². The molecule has 1 unspecified atom stereocenters. The summed E-state index contributed by atoms with van der Waals surface area (Å²) < 4.78 is 0. The molecule has 6 nitrogen and oxygen atoms in total. The molecule has 114 valence electrons. The molecule has 1 aromatic heterocycles. The predicted molar refractivity (Wildman–Crippen MR) is 81.9 cm³/mol. The number of nitrogens with two attached hydrogens (primary N) is 1. The lowest BCUT2D eigenvalue weighted by Crippen LogP contribution is -2.47. The van der Waals surface area contributed by atoms with Crippen molar-refractivity contribution in [3.63, 3.8) is 0 Å². The number of thioether (sulfide) groups is 1. The van der Waals surface area contributed by atoms with Crippen molar-refractivity contribution >= 4 is 23.7 Å². The molecule has 1 saturated heterocycles. The van der Waals surface area contributed by atoms with Crippen LogP contribution in [-0.2, 0) is 4.79 Å². The third-order valence-corrected chi connectivity index (χ3v) is 4.34. The summed E-state index contributed by atoms with van der Waals surface area (Å²) in [5, 5.41) is 3.86. The van der Waals surface area contributed by atoms with E-state index in [2.05, 4.69) is 10.3 Å². The summed E-state index contributed by atoms with van der Waals surface area (Å²) in [6.07, 6.45) is 3.38. The van der Waals surface area contributed by atoms with E-state index in [1.54, 1.807) is 18.0 Å². The number of rotatable bonds is 5. The van der Waals surface area contributed by atoms with Crippen LogP contribution in [-0.4, -0.2) is 47.2 Å². The fourth-order valence-corrected chi connectivity index (χ4v) is 3.02. The van der Waals surface area contributed by atoms with Crippen molar-refractivity contribution in [1.29, 1.82) is 0 Å². The molecule has 0 aromatic carbocycles. The van der Waals surface area contributed by atoms with Crippen molar-refractivity contribution < 1.29 is 9.59 Å². The third-order valence-electron chi connectivity index (χ3n) is 3.39. The van der Waals surface area contributed by atoms with Crippen LogP contribution in [0.4, 0.5) is 4.79 Å². The zero-order valence-electron chi connectivity index (χ0n) is 11.8. The zero-order chi connectivity index (χ0) is 15.1. The smallest absolute Gasteiger partial charge is 0.314 e. The van der Waals surface area contributed by atoms with Crippen LogP contribution < -0.4 is 11.1 Å². The highest BCUT2D eigenvalue weighted by molar-refractivity contribution is 7.99. The maximum absolute atomic E-state index is 12.1. The molecule has 1 fully saturated rings. The topological polar surface area (TPSA) is 88.3 Å². The molecule has 1 aliphatic rings. The van der Waals surface area contributed by atoms with E-state index >= 15 is 0 Å². The number of piperidine rings is 1. The Morgan fingerprint density at radius 3 is 3.05 bits per heavy atom. The maximum Gasteiger partial charge on any atom is 0.314 e. The lowest BCUT2D eigenvalue weighted by Gasteiger charge is -2.30. The molecule has 1 aliphatic heterocycles. The monoisotopic (exact) mass is 308 g/mol. The Bertz CT molecular complexity index is 483. The number of carbonyl (C=O) groups excluding carboxylic acids is 2. The molecule has 0 saturated carbocycles. The first kappa shape index (κ1) is 15.6. The molecule has 0 bridgehead atoms. The lowest BCUT2D eigenvalue weighted by molar-refractivity contribution is -0.126. The second-order valence-corrected chi connectivity index (χ2v) is 6.05. The number of nitrogens with zero attached hydrogens (tertiary/aromatic N) is 2. The third kappa shape index (κ3) is 4.93. The normalized spacial score (nSPS) is 18.3. The Balaban J connectivity index is 1.68. The number of pyridine rings is 1. The van der Waals surface area contributed by atoms with Gasteiger partial charge in [0.25, 0.3) is 0 Å². The summed E-state index contributed by atoms with van der Waals surface area (Å²) in [5.41, 5.74) is 5.26. The van der Waals surface area contributed by atoms with Crippen LogP contribution >= 0.6 is 11.8 Å². The van der Waals surface area contributed by atoms with E-state index in [9.17, 15) is 9.59 Å². The Morgan fingerprint density at radius 1 is 1.48 bits per heavy atom. The number of amides is 3. The highest BCUT2D eigenvalue weighted by Crippen LogP contribution is 2.17. The van der Waals surface area contributed by atoms with Crippen molar-refractivity contribution in [3.8, 4) is 0 Å². The fraction of sp³-hybridized carbons (Fsp3) is 0.500. The number of aromatic nitrogens is 1. The van der Waals surface area contributed by atoms with Gasteiger partial charge < -0.3 is 16.0 Å². The molecule has 3 N–H and O–H groups in total. The van der Waals surface area contributed by atoms with E-state index in [-0.39, 0.29) is 11.8 Å². The quantitative estimate of drug-likeness (QED) is 0.629. The van der Waals surface area contributed by atoms with E-state index in [1.165, 1.54) is 4.90 Å². The van der Waals surface area contributed by atoms with Gasteiger partial charge in [0.1, 0.15) is 0 Å². The van der Waals surface area contributed by atoms with Crippen LogP contribution in [0.5, 0.6) is 0 Å². The van der Waals surface area contributed by atoms with E-state index < -0.39 is 6.03 Å². The van der Waals surface area contributed by atoms with E-state index in [1.807, 2.05) is 18.2 Å². The largest absolute Gasteiger partial charge is 0.355 e. The standard InChI is InChI=1S/C14H20N4O2S/c15-14(20)18-8-3-4-11(10-18)13(19)17-7-9-21-12-5-1-2-6-16-12/h1-2,5-6,11H,3-4,7-10H2,(H2,15,20)(H,17,19). The van der Waals surface area contributed by atoms with Gasteiger partial charge in [-0.25, -0.2) is 9.78 Å². The van der Waals surface area contributed by atoms with Gasteiger partial charge in [0.05, 0.1) is 10.9 Å². The maximum atomic E-state index is 12.1. The molecule has 0 aliphatic carbocycles. The minimum absolute atomic E-state index is 0.00238. The molecular weight excluding hydrogens is 288 g/mol. The summed E-state index contributed by atoms with van der Waals surface area (Å²) >= 11 is 1.60. The second-order valence-electron chi connectivity index (χ2n) is 4.93. The minimum Gasteiger partial charge on any atom is -0.355 e. The number of urea groups is 1. The average molecular weight is 308 g/mol. The van der Waals surface area contributed by atoms with Crippen molar-refractivity contribution in [1.82, 2.24) is 15.2 Å². The number of hydrogen-bond donors (Lipinski definition) is 2. The molecule has 1 atom stereocenters. The van der Waals surface area contributed by atoms with Gasteiger partial charge in [-0.1, -0.05) is 6.07 Å². The number of primary amides is 1. The van der Waals surface area contributed by atoms with Crippen LogP contribution in [0.15, 0.2) is 29.4 Å². The van der Waals surface area contributed by atoms with Crippen molar-refractivity contribution in [3.05, 3.63) is 24.4 Å². The fourth-order valence-electron chi connectivity index (χ4n) is 2.30. The van der Waals surface area contributed by atoms with Crippen LogP contribution in [0, 0.1) is 5.92 Å². The molecule has 0 spiro atoms. The van der Waals surface area contributed by atoms with Gasteiger partial charge in [0.2, 0.25) is 5.91 Å². The Morgan fingerprint density at radius 2 is 2.33 bits per heavy atom. The average Bonchev–Trinajstić information content (AvgIpc) is 2.52. The Hall–Kier alpha value is -1.76. The van der Waals surface area contributed by atoms with Crippen LogP contribution in [0.25, 0.3) is 0 Å². The van der Waals surface area contributed by atoms with Gasteiger partial charge >= 0.3 is 6.03 Å². The zero-order valence-corrected chi connectivity index (χ0v) is 12.6. The lowest BCUT2D eigenvalue weighted by atomic mass is 9.97. The first-order valence-electron chi connectivity index (χ1n) is 7.02. The summed E-state index contributed by atoms with van der Waals surface area (Å²) in [6.45, 7) is 1.66. The van der Waals surface area contributed by atoms with Gasteiger partial charge in [-0.05, 0) is 25.0 Å². The Kier molecular flexibility index (Phi) is 5.86. The number of carbonyl (C=O) groups is 2. The molecule has 21 heavy (non-hydrogen) atoms. The van der Waals surface area contributed by atoms with Crippen molar-refractivity contribution in [2.24, 2.45) is 11.7 Å². The molecule has 0 radical (unpaired) electrons. The molecule has 2 heterocycles. The summed E-state index contributed by atoms with van der Waals surface area (Å²) in [5.74, 6) is 0.628. The minimum atomic E-state index is -0.446. The van der Waals surface area contributed by atoms with E-state index in [0.717, 1.165) is 23.6 Å². The predicted octanol–water partition coefficient (Wildman–Crippen LogP) is 1.08. The van der Waals surface area contributed by atoms with Crippen LogP contribution in [0.2, 0.25) is 0 Å². The molecule has 3 amide bonds. The van der Waals surface area contributed by atoms with Crippen LogP contribution in [0.1, 0.15) is 12.8 Å². The summed E-state index contributed by atoms with van der Waals surface area (Å²) in [4.78, 5) is 29.0. The first-order valence-corrected chi connectivity index (χ1v) is 8.01. The summed E-state index contributed by atoms with van der Waals surface area (Å²) in [7, 11) is 0. The SMILES string of the molecule is NC(=O)N1CCCC(C(=O)NCCSc2ccccn2)C1. The Labute approximate surface area is 128 Å². The van der Waals surface area contributed by atoms with Gasteiger partial charge in [-0.2, -0.15) is 0 Å². The van der Waals surface area contributed by atoms with Gasteiger partial charge in [-0.15, -0.1) is 11.8 Å². The highest BCUT2D eigenvalue weighted by Gasteiger charge is 2.26. The second kappa shape index (κ2) is 7.87. The first-order chi connectivity index (χ1) is 10.2. The van der Waals surface area contributed by atoms with Crippen LogP contribution in [0.3, 0.4) is 0 Å². The molecule has 1 aromatic rings. The van der Waals surface area contributed by atoms with Gasteiger partial charge in [-0.3, -0.25) is 4.79 Å². The molecular formula is C14H20N4O2S. The van der Waals surface area contributed by atoms with Crippen molar-refractivity contribution in [2.75, 3.05) is 25.4 Å².